The van der Waals surface area contributed by atoms with Crippen LogP contribution < -0.4 is 5.32 Å². The molecule has 1 fully saturated rings. The highest BCUT2D eigenvalue weighted by Gasteiger charge is 2.27. The summed E-state index contributed by atoms with van der Waals surface area (Å²) in [5.41, 5.74) is 0.892. The van der Waals surface area contributed by atoms with E-state index in [2.05, 4.69) is 5.32 Å². The zero-order chi connectivity index (χ0) is 17.6. The number of anilines is 1. The number of furan rings is 1. The van der Waals surface area contributed by atoms with Gasteiger partial charge in [-0.1, -0.05) is 12.1 Å². The number of nitrogens with one attached hydrogen (secondary N) is 1. The fourth-order valence-corrected chi connectivity index (χ4v) is 2.61. The lowest BCUT2D eigenvalue weighted by Crippen LogP contribution is -2.35. The van der Waals surface area contributed by atoms with Crippen LogP contribution in [0.5, 0.6) is 0 Å². The van der Waals surface area contributed by atoms with Gasteiger partial charge in [-0.25, -0.2) is 4.79 Å². The second-order valence-corrected chi connectivity index (χ2v) is 5.60. The molecule has 0 radical (unpaired) electrons. The molecule has 130 valence electrons. The van der Waals surface area contributed by atoms with Crippen LogP contribution in [0.3, 0.4) is 0 Å². The summed E-state index contributed by atoms with van der Waals surface area (Å²) in [6.07, 6.45) is 2.58. The molecule has 0 bridgehead atoms. The van der Waals surface area contributed by atoms with Crippen LogP contribution in [0.1, 0.15) is 29.0 Å². The summed E-state index contributed by atoms with van der Waals surface area (Å²) in [4.78, 5) is 36.9. The summed E-state index contributed by atoms with van der Waals surface area (Å²) < 4.78 is 10.3. The number of esters is 1. The van der Waals surface area contributed by atoms with Crippen LogP contribution >= 0.6 is 0 Å². The van der Waals surface area contributed by atoms with E-state index in [0.717, 1.165) is 10.7 Å². The van der Waals surface area contributed by atoms with Crippen LogP contribution in [0, 0.1) is 0 Å². The summed E-state index contributed by atoms with van der Waals surface area (Å²) in [5, 5.41) is 3.10. The van der Waals surface area contributed by atoms with Crippen molar-refractivity contribution >= 4 is 23.5 Å². The molecule has 1 N–H and O–H groups in total. The minimum Gasteiger partial charge on any atom is -0.467 e. The Bertz CT molecular complexity index is 770. The topological polar surface area (TPSA) is 88.9 Å². The number of para-hydroxylation sites is 1. The predicted molar refractivity (Wildman–Crippen MR) is 88.7 cm³/mol. The SMILES string of the molecule is O=C(OCC(=O)N1CCCC1=O)c1ccccc1NCc1ccco1. The van der Waals surface area contributed by atoms with E-state index in [4.69, 9.17) is 9.15 Å². The van der Waals surface area contributed by atoms with Gasteiger partial charge in [0.1, 0.15) is 5.76 Å². The largest absolute Gasteiger partial charge is 0.467 e. The number of carbonyl (C=O) groups excluding carboxylic acids is 3. The Morgan fingerprint density at radius 3 is 2.76 bits per heavy atom. The first-order valence-electron chi connectivity index (χ1n) is 8.01. The highest BCUT2D eigenvalue weighted by Crippen LogP contribution is 2.18. The average Bonchev–Trinajstić information content (AvgIpc) is 3.29. The Kier molecular flexibility index (Phi) is 5.13. The number of carbonyl (C=O) groups is 3. The number of hydrogen-bond acceptors (Lipinski definition) is 6. The summed E-state index contributed by atoms with van der Waals surface area (Å²) in [6, 6.07) is 10.4. The number of rotatable bonds is 6. The van der Waals surface area contributed by atoms with Crippen molar-refractivity contribution < 1.29 is 23.5 Å². The Labute approximate surface area is 144 Å². The molecule has 2 heterocycles. The maximum Gasteiger partial charge on any atom is 0.340 e. The van der Waals surface area contributed by atoms with Gasteiger partial charge in [-0.15, -0.1) is 0 Å². The van der Waals surface area contributed by atoms with E-state index in [0.29, 0.717) is 37.2 Å². The third-order valence-electron chi connectivity index (χ3n) is 3.88. The number of ether oxygens (including phenoxy) is 1. The zero-order valence-electron chi connectivity index (χ0n) is 13.6. The molecule has 0 atom stereocenters. The van der Waals surface area contributed by atoms with E-state index in [1.165, 1.54) is 0 Å². The Hall–Kier alpha value is -3.09. The van der Waals surface area contributed by atoms with Crippen molar-refractivity contribution in [3.8, 4) is 0 Å². The molecule has 1 saturated heterocycles. The fraction of sp³-hybridized carbons (Fsp3) is 0.278. The van der Waals surface area contributed by atoms with E-state index in [1.807, 2.05) is 6.07 Å². The molecule has 2 amide bonds. The smallest absolute Gasteiger partial charge is 0.340 e. The van der Waals surface area contributed by atoms with Crippen molar-refractivity contribution in [3.05, 3.63) is 54.0 Å². The predicted octanol–water partition coefficient (Wildman–Crippen LogP) is 2.20. The average molecular weight is 342 g/mol. The first-order chi connectivity index (χ1) is 12.1. The molecule has 0 saturated carbocycles. The second kappa shape index (κ2) is 7.65. The lowest BCUT2D eigenvalue weighted by molar-refractivity contribution is -0.143. The van der Waals surface area contributed by atoms with Crippen molar-refractivity contribution in [1.82, 2.24) is 4.90 Å². The molecule has 3 rings (SSSR count). The molecule has 2 aromatic rings. The Morgan fingerprint density at radius 2 is 2.04 bits per heavy atom. The van der Waals surface area contributed by atoms with Gasteiger partial charge in [-0.3, -0.25) is 14.5 Å². The van der Waals surface area contributed by atoms with Gasteiger partial charge < -0.3 is 14.5 Å². The van der Waals surface area contributed by atoms with Crippen molar-refractivity contribution in [2.45, 2.75) is 19.4 Å². The molecule has 1 aromatic heterocycles. The molecule has 25 heavy (non-hydrogen) atoms. The summed E-state index contributed by atoms with van der Waals surface area (Å²) in [5.74, 6) is -0.605. The molecule has 0 spiro atoms. The summed E-state index contributed by atoms with van der Waals surface area (Å²) in [7, 11) is 0. The standard InChI is InChI=1S/C18H18N2O5/c21-16-8-3-9-20(16)17(22)12-25-18(23)14-6-1-2-7-15(14)19-11-13-5-4-10-24-13/h1-2,4-7,10,19H,3,8-9,11-12H2. The lowest BCUT2D eigenvalue weighted by atomic mass is 10.2. The lowest BCUT2D eigenvalue weighted by Gasteiger charge is -2.14. The molecule has 0 unspecified atom stereocenters. The van der Waals surface area contributed by atoms with Crippen LogP contribution in [-0.4, -0.2) is 35.8 Å². The van der Waals surface area contributed by atoms with E-state index < -0.39 is 18.5 Å². The van der Waals surface area contributed by atoms with Crippen molar-refractivity contribution in [2.24, 2.45) is 0 Å². The van der Waals surface area contributed by atoms with Crippen LogP contribution in [0.4, 0.5) is 5.69 Å². The first-order valence-corrected chi connectivity index (χ1v) is 8.01. The van der Waals surface area contributed by atoms with Gasteiger partial charge in [0.05, 0.1) is 18.4 Å². The van der Waals surface area contributed by atoms with Gasteiger partial charge in [0, 0.05) is 18.7 Å². The number of benzene rings is 1. The number of nitrogens with zero attached hydrogens (tertiary/aromatic N) is 1. The number of imide groups is 1. The Morgan fingerprint density at radius 1 is 1.20 bits per heavy atom. The minimum atomic E-state index is -0.623. The third kappa shape index (κ3) is 4.06. The van der Waals surface area contributed by atoms with Gasteiger partial charge >= 0.3 is 5.97 Å². The third-order valence-corrected chi connectivity index (χ3v) is 3.88. The minimum absolute atomic E-state index is 0.221. The van der Waals surface area contributed by atoms with E-state index in [9.17, 15) is 14.4 Å². The van der Waals surface area contributed by atoms with E-state index in [-0.39, 0.29) is 5.91 Å². The van der Waals surface area contributed by atoms with Crippen LogP contribution in [-0.2, 0) is 20.9 Å². The van der Waals surface area contributed by atoms with Gasteiger partial charge in [-0.2, -0.15) is 0 Å². The van der Waals surface area contributed by atoms with Gasteiger partial charge in [0.2, 0.25) is 5.91 Å². The fourth-order valence-electron chi connectivity index (χ4n) is 2.61. The molecule has 1 aromatic carbocycles. The van der Waals surface area contributed by atoms with E-state index in [1.54, 1.807) is 36.6 Å². The number of amides is 2. The second-order valence-electron chi connectivity index (χ2n) is 5.60. The van der Waals surface area contributed by atoms with Gasteiger partial charge in [-0.05, 0) is 30.7 Å². The van der Waals surface area contributed by atoms with E-state index >= 15 is 0 Å². The normalized spacial score (nSPS) is 13.8. The van der Waals surface area contributed by atoms with Crippen molar-refractivity contribution in [2.75, 3.05) is 18.5 Å². The summed E-state index contributed by atoms with van der Waals surface area (Å²) in [6.45, 7) is 0.353. The van der Waals surface area contributed by atoms with Crippen LogP contribution in [0.25, 0.3) is 0 Å². The molecular weight excluding hydrogens is 324 g/mol. The molecule has 0 aliphatic carbocycles. The maximum absolute atomic E-state index is 12.3. The van der Waals surface area contributed by atoms with Crippen molar-refractivity contribution in [3.63, 3.8) is 0 Å². The molecular formula is C18H18N2O5. The molecule has 7 nitrogen and oxygen atoms in total. The quantitative estimate of drug-likeness (QED) is 0.810. The number of hydrogen-bond donors (Lipinski definition) is 1. The maximum atomic E-state index is 12.3. The molecule has 1 aliphatic heterocycles. The van der Waals surface area contributed by atoms with Crippen LogP contribution in [0.15, 0.2) is 47.1 Å². The number of likely N-dealkylation sites (tertiary alicyclic amines) is 1. The monoisotopic (exact) mass is 342 g/mol. The van der Waals surface area contributed by atoms with Crippen LogP contribution in [0.2, 0.25) is 0 Å². The van der Waals surface area contributed by atoms with Gasteiger partial charge in [0.15, 0.2) is 6.61 Å². The van der Waals surface area contributed by atoms with Crippen molar-refractivity contribution in [1.29, 1.82) is 0 Å². The first kappa shape index (κ1) is 16.8. The highest BCUT2D eigenvalue weighted by atomic mass is 16.5. The zero-order valence-corrected chi connectivity index (χ0v) is 13.6. The molecule has 7 heteroatoms. The molecule has 1 aliphatic rings. The summed E-state index contributed by atoms with van der Waals surface area (Å²) >= 11 is 0. The highest BCUT2D eigenvalue weighted by molar-refractivity contribution is 6.00. The van der Waals surface area contributed by atoms with Gasteiger partial charge in [0.25, 0.3) is 5.91 Å². The Balaban J connectivity index is 1.59.